The Balaban J connectivity index is 1.03. The molecule has 1 unspecified atom stereocenters. The number of para-hydroxylation sites is 2. The summed E-state index contributed by atoms with van der Waals surface area (Å²) < 4.78 is 14.5. The van der Waals surface area contributed by atoms with Crippen LogP contribution in [0.2, 0.25) is 0 Å². The highest BCUT2D eigenvalue weighted by Gasteiger charge is 2.42. The average molecular weight is 628 g/mol. The molecule has 1 amide bonds. The fraction of sp³-hybridized carbons (Fsp3) is 0.242. The Morgan fingerprint density at radius 2 is 1.79 bits per heavy atom. The quantitative estimate of drug-likeness (QED) is 0.0778. The van der Waals surface area contributed by atoms with Crippen LogP contribution in [0.15, 0.2) is 78.9 Å². The van der Waals surface area contributed by atoms with Crippen molar-refractivity contribution in [3.63, 3.8) is 0 Å². The van der Waals surface area contributed by atoms with Crippen molar-refractivity contribution in [1.29, 1.82) is 0 Å². The van der Waals surface area contributed by atoms with E-state index in [0.717, 1.165) is 48.7 Å². The number of carbonyl (C=O) groups is 2. The van der Waals surface area contributed by atoms with Crippen molar-refractivity contribution in [2.75, 3.05) is 31.7 Å². The molecule has 7 nitrogen and oxygen atoms in total. The molecular weight excluding hydrogens is 599 g/mol. The Morgan fingerprint density at radius 3 is 2.60 bits per heavy atom. The van der Waals surface area contributed by atoms with Crippen LogP contribution >= 0.6 is 32.9 Å². The van der Waals surface area contributed by atoms with Crippen molar-refractivity contribution in [1.82, 2.24) is 9.47 Å². The van der Waals surface area contributed by atoms with Crippen LogP contribution in [0.1, 0.15) is 34.2 Å². The van der Waals surface area contributed by atoms with E-state index < -0.39 is 0 Å². The molecule has 0 N–H and O–H groups in total. The first kappa shape index (κ1) is 27.8. The molecule has 218 valence electrons. The van der Waals surface area contributed by atoms with Gasteiger partial charge in [-0.15, -0.1) is 0 Å². The van der Waals surface area contributed by atoms with Crippen LogP contribution in [0.5, 0.6) is 5.75 Å². The molecule has 0 fully saturated rings. The average Bonchev–Trinajstić information content (AvgIpc) is 3.61. The standard InChI is InChI=1S/C33H29N3O4S3/c1-34-26-9-4-3-8-25(26)33(38)35-16-15-24-23-7-2-5-10-27(23)36(31(24)32(34)35)20-29(37)40-18-6-17-39-22-13-11-21(12-14-22)28-19-30(41)43-42-28/h2-5,7-14,19,32H,6,15-18,20H2,1H3. The van der Waals surface area contributed by atoms with Crippen LogP contribution < -0.4 is 9.64 Å². The Bertz CT molecular complexity index is 1890. The highest BCUT2D eigenvalue weighted by atomic mass is 32.9. The number of nitrogens with zero attached hydrogens (tertiary/aromatic N) is 3. The molecule has 2 aromatic heterocycles. The predicted octanol–water partition coefficient (Wildman–Crippen LogP) is 7.32. The minimum atomic E-state index is -0.312. The highest BCUT2D eigenvalue weighted by Crippen LogP contribution is 2.44. The van der Waals surface area contributed by atoms with Crippen LogP contribution in [0.25, 0.3) is 21.3 Å². The Labute approximate surface area is 261 Å². The summed E-state index contributed by atoms with van der Waals surface area (Å²) in [5.74, 6) is 0.487. The van der Waals surface area contributed by atoms with Crippen molar-refractivity contribution in [2.45, 2.75) is 25.6 Å². The van der Waals surface area contributed by atoms with Gasteiger partial charge in [0.25, 0.3) is 5.91 Å². The van der Waals surface area contributed by atoms with Crippen molar-refractivity contribution in [3.8, 4) is 16.2 Å². The molecule has 5 aromatic rings. The molecular formula is C33H29N3O4S3. The Hall–Kier alpha value is -3.99. The number of fused-ring (bicyclic) bond motifs is 6. The monoisotopic (exact) mass is 627 g/mol. The Kier molecular flexibility index (Phi) is 7.50. The maximum atomic E-state index is 13.5. The lowest BCUT2D eigenvalue weighted by Gasteiger charge is -2.46. The number of ether oxygens (including phenoxy) is 2. The molecule has 0 aliphatic carbocycles. The number of benzene rings is 3. The largest absolute Gasteiger partial charge is 0.493 e. The van der Waals surface area contributed by atoms with E-state index in [1.165, 1.54) is 5.56 Å². The van der Waals surface area contributed by atoms with Crippen LogP contribution in [-0.2, 0) is 22.5 Å². The van der Waals surface area contributed by atoms with Gasteiger partial charge in [0.05, 0.1) is 30.2 Å². The summed E-state index contributed by atoms with van der Waals surface area (Å²) in [5.41, 5.74) is 5.87. The number of hydrogen-bond donors (Lipinski definition) is 0. The second-order valence-corrected chi connectivity index (χ2v) is 13.6. The number of aromatic nitrogens is 1. The van der Waals surface area contributed by atoms with Gasteiger partial charge >= 0.3 is 5.97 Å². The minimum Gasteiger partial charge on any atom is -0.493 e. The first-order valence-electron chi connectivity index (χ1n) is 14.2. The first-order valence-corrected chi connectivity index (χ1v) is 16.8. The van der Waals surface area contributed by atoms with E-state index >= 15 is 0 Å². The predicted molar refractivity (Wildman–Crippen MR) is 174 cm³/mol. The fourth-order valence-electron chi connectivity index (χ4n) is 6.18. The molecule has 43 heavy (non-hydrogen) atoms. The van der Waals surface area contributed by atoms with Gasteiger partial charge in [-0.2, -0.15) is 0 Å². The van der Waals surface area contributed by atoms with Crippen LogP contribution in [0.4, 0.5) is 5.69 Å². The molecule has 1 atom stereocenters. The van der Waals surface area contributed by atoms with Gasteiger partial charge in [-0.1, -0.05) is 63.2 Å². The molecule has 0 spiro atoms. The number of esters is 1. The number of carbonyl (C=O) groups excluding carboxylic acids is 2. The van der Waals surface area contributed by atoms with E-state index in [1.54, 1.807) is 20.7 Å². The number of amides is 1. The lowest BCUT2D eigenvalue weighted by Crippen LogP contribution is -2.51. The van der Waals surface area contributed by atoms with Gasteiger partial charge < -0.3 is 23.8 Å². The van der Waals surface area contributed by atoms with Gasteiger partial charge in [0.1, 0.15) is 22.3 Å². The zero-order valence-corrected chi connectivity index (χ0v) is 26.0. The third kappa shape index (κ3) is 5.13. The van der Waals surface area contributed by atoms with Crippen molar-refractivity contribution >= 4 is 61.4 Å². The van der Waals surface area contributed by atoms with Crippen LogP contribution in [-0.4, -0.2) is 48.1 Å². The summed E-state index contributed by atoms with van der Waals surface area (Å²) in [6, 6.07) is 25.8. The molecule has 0 radical (unpaired) electrons. The third-order valence-electron chi connectivity index (χ3n) is 8.11. The summed E-state index contributed by atoms with van der Waals surface area (Å²) in [5, 5.41) is 1.12. The van der Waals surface area contributed by atoms with Crippen molar-refractivity contribution in [3.05, 3.63) is 99.5 Å². The molecule has 4 heterocycles. The lowest BCUT2D eigenvalue weighted by molar-refractivity contribution is -0.144. The van der Waals surface area contributed by atoms with Gasteiger partial charge in [-0.25, -0.2) is 0 Å². The van der Waals surface area contributed by atoms with E-state index in [2.05, 4.69) is 11.0 Å². The minimum absolute atomic E-state index is 0.0241. The smallest absolute Gasteiger partial charge is 0.325 e. The molecule has 7 rings (SSSR count). The maximum absolute atomic E-state index is 13.5. The highest BCUT2D eigenvalue weighted by molar-refractivity contribution is 7.80. The summed E-state index contributed by atoms with van der Waals surface area (Å²) in [6.45, 7) is 1.40. The summed E-state index contributed by atoms with van der Waals surface area (Å²) >= 11 is 5.23. The zero-order valence-electron chi connectivity index (χ0n) is 23.5. The lowest BCUT2D eigenvalue weighted by atomic mass is 9.96. The van der Waals surface area contributed by atoms with Gasteiger partial charge in [0.15, 0.2) is 0 Å². The van der Waals surface area contributed by atoms with Gasteiger partial charge in [-0.05, 0) is 66.1 Å². The SMILES string of the molecule is CN1c2ccccc2C(=O)N2CCc3c(n(CC(=O)OCCCOc4ccc(-c5cc(=S)ss5)cc4)c4ccccc34)C21. The molecule has 10 heteroatoms. The molecule has 2 aliphatic heterocycles. The Morgan fingerprint density at radius 1 is 1.00 bits per heavy atom. The third-order valence-corrected chi connectivity index (χ3v) is 11.0. The van der Waals surface area contributed by atoms with E-state index in [0.29, 0.717) is 25.1 Å². The van der Waals surface area contributed by atoms with Crippen molar-refractivity contribution in [2.24, 2.45) is 0 Å². The van der Waals surface area contributed by atoms with E-state index in [4.69, 9.17) is 21.7 Å². The second kappa shape index (κ2) is 11.6. The number of anilines is 1. The van der Waals surface area contributed by atoms with E-state index in [9.17, 15) is 9.59 Å². The first-order chi connectivity index (χ1) is 21.0. The molecule has 0 saturated heterocycles. The summed E-state index contributed by atoms with van der Waals surface area (Å²) in [6.07, 6.45) is 1.01. The van der Waals surface area contributed by atoms with Crippen LogP contribution in [0, 0.1) is 3.82 Å². The normalized spacial score (nSPS) is 15.7. The van der Waals surface area contributed by atoms with Gasteiger partial charge in [0, 0.05) is 35.8 Å². The van der Waals surface area contributed by atoms with Crippen LogP contribution in [0.3, 0.4) is 0 Å². The zero-order chi connectivity index (χ0) is 29.5. The number of rotatable bonds is 8. The van der Waals surface area contributed by atoms with E-state index in [1.807, 2.05) is 89.3 Å². The van der Waals surface area contributed by atoms with Gasteiger partial charge in [-0.3, -0.25) is 9.59 Å². The van der Waals surface area contributed by atoms with E-state index in [-0.39, 0.29) is 31.2 Å². The molecule has 0 bridgehead atoms. The molecule has 3 aromatic carbocycles. The summed E-state index contributed by atoms with van der Waals surface area (Å²) in [4.78, 5) is 31.9. The number of hydrogen-bond acceptors (Lipinski definition) is 8. The van der Waals surface area contributed by atoms with Crippen molar-refractivity contribution < 1.29 is 19.1 Å². The fourth-order valence-corrected chi connectivity index (χ4v) is 8.58. The topological polar surface area (TPSA) is 64.0 Å². The second-order valence-electron chi connectivity index (χ2n) is 10.7. The van der Waals surface area contributed by atoms with Gasteiger partial charge in [0.2, 0.25) is 0 Å². The summed E-state index contributed by atoms with van der Waals surface area (Å²) in [7, 11) is 5.29. The maximum Gasteiger partial charge on any atom is 0.325 e. The molecule has 0 saturated carbocycles. The molecule has 2 aliphatic rings.